The monoisotopic (exact) mass is 253 g/mol. The van der Waals surface area contributed by atoms with Crippen LogP contribution in [0.1, 0.15) is 0 Å². The lowest BCUT2D eigenvalue weighted by Crippen LogP contribution is -2.22. The first-order valence-corrected chi connectivity index (χ1v) is 5.32. The number of benzene rings is 1. The van der Waals surface area contributed by atoms with Gasteiger partial charge in [0.05, 0.1) is 10.6 Å². The zero-order chi connectivity index (χ0) is 13.5. The van der Waals surface area contributed by atoms with Crippen molar-refractivity contribution in [3.8, 4) is 0 Å². The smallest absolute Gasteiger partial charge is 0.411 e. The number of nitro benzene ring substituents is 1. The van der Waals surface area contributed by atoms with E-state index in [1.807, 2.05) is 19.0 Å². The van der Waals surface area contributed by atoms with E-state index in [4.69, 9.17) is 4.74 Å². The molecule has 7 nitrogen and oxygen atoms in total. The standard InChI is InChI=1S/C11H15N3O4/c1-13(2)6-7-18-11(15)12-9-4-3-5-10(8-9)14(16)17/h3-5,8H,6-7H2,1-2H3,(H,12,15). The fourth-order valence-corrected chi connectivity index (χ4v) is 1.17. The molecule has 0 atom stereocenters. The number of nitro groups is 1. The van der Waals surface area contributed by atoms with Gasteiger partial charge < -0.3 is 9.64 Å². The van der Waals surface area contributed by atoms with E-state index in [1.165, 1.54) is 18.2 Å². The largest absolute Gasteiger partial charge is 0.448 e. The molecule has 1 aromatic rings. The van der Waals surface area contributed by atoms with Crippen molar-refractivity contribution in [3.05, 3.63) is 34.4 Å². The average molecular weight is 253 g/mol. The van der Waals surface area contributed by atoms with Crippen LogP contribution in [0.15, 0.2) is 24.3 Å². The number of hydrogen-bond donors (Lipinski definition) is 1. The number of carbonyl (C=O) groups is 1. The minimum absolute atomic E-state index is 0.0823. The van der Waals surface area contributed by atoms with Crippen LogP contribution in [0.25, 0.3) is 0 Å². The maximum Gasteiger partial charge on any atom is 0.411 e. The Morgan fingerprint density at radius 3 is 2.83 bits per heavy atom. The van der Waals surface area contributed by atoms with Crippen LogP contribution in [0.4, 0.5) is 16.2 Å². The van der Waals surface area contributed by atoms with E-state index in [9.17, 15) is 14.9 Å². The molecule has 0 saturated carbocycles. The maximum atomic E-state index is 11.4. The Morgan fingerprint density at radius 2 is 2.22 bits per heavy atom. The molecule has 0 aliphatic carbocycles. The number of ether oxygens (including phenoxy) is 1. The van der Waals surface area contributed by atoms with Crippen LogP contribution in [0, 0.1) is 10.1 Å². The highest BCUT2D eigenvalue weighted by molar-refractivity contribution is 5.85. The minimum Gasteiger partial charge on any atom is -0.448 e. The summed E-state index contributed by atoms with van der Waals surface area (Å²) < 4.78 is 4.90. The van der Waals surface area contributed by atoms with Crippen LogP contribution in [-0.2, 0) is 4.74 Å². The second-order valence-electron chi connectivity index (χ2n) is 3.87. The summed E-state index contributed by atoms with van der Waals surface area (Å²) in [7, 11) is 3.73. The van der Waals surface area contributed by atoms with Gasteiger partial charge in [0.15, 0.2) is 0 Å². The van der Waals surface area contributed by atoms with Crippen molar-refractivity contribution >= 4 is 17.5 Å². The van der Waals surface area contributed by atoms with Gasteiger partial charge in [0, 0.05) is 18.7 Å². The first-order chi connectivity index (χ1) is 8.49. The third kappa shape index (κ3) is 4.79. The second-order valence-corrected chi connectivity index (χ2v) is 3.87. The third-order valence-corrected chi connectivity index (χ3v) is 2.08. The molecular weight excluding hydrogens is 238 g/mol. The number of nitrogens with one attached hydrogen (secondary N) is 1. The van der Waals surface area contributed by atoms with Crippen molar-refractivity contribution in [2.45, 2.75) is 0 Å². The molecule has 7 heteroatoms. The number of non-ortho nitro benzene ring substituents is 1. The van der Waals surface area contributed by atoms with Crippen LogP contribution in [0.3, 0.4) is 0 Å². The van der Waals surface area contributed by atoms with Gasteiger partial charge in [-0.25, -0.2) is 4.79 Å². The molecule has 0 unspecified atom stereocenters. The Bertz CT molecular complexity index is 434. The number of amides is 1. The SMILES string of the molecule is CN(C)CCOC(=O)Nc1cccc([N+](=O)[O-])c1. The van der Waals surface area contributed by atoms with Gasteiger partial charge in [-0.2, -0.15) is 0 Å². The van der Waals surface area contributed by atoms with Crippen molar-refractivity contribution in [3.63, 3.8) is 0 Å². The summed E-state index contributed by atoms with van der Waals surface area (Å²) in [6.07, 6.45) is -0.627. The van der Waals surface area contributed by atoms with Gasteiger partial charge in [-0.1, -0.05) is 6.07 Å². The first-order valence-electron chi connectivity index (χ1n) is 5.32. The number of hydrogen-bond acceptors (Lipinski definition) is 5. The van der Waals surface area contributed by atoms with Gasteiger partial charge in [0.2, 0.25) is 0 Å². The van der Waals surface area contributed by atoms with Crippen molar-refractivity contribution < 1.29 is 14.5 Å². The molecule has 0 heterocycles. The van der Waals surface area contributed by atoms with Gasteiger partial charge in [0.25, 0.3) is 5.69 Å². The first kappa shape index (κ1) is 13.9. The minimum atomic E-state index is -0.627. The lowest BCUT2D eigenvalue weighted by molar-refractivity contribution is -0.384. The molecule has 0 radical (unpaired) electrons. The Kier molecular flexibility index (Phi) is 5.06. The number of nitrogens with zero attached hydrogens (tertiary/aromatic N) is 2. The molecule has 1 N–H and O–H groups in total. The predicted molar refractivity (Wildman–Crippen MR) is 66.6 cm³/mol. The van der Waals surface area contributed by atoms with Gasteiger partial charge in [-0.3, -0.25) is 15.4 Å². The zero-order valence-electron chi connectivity index (χ0n) is 10.3. The fourth-order valence-electron chi connectivity index (χ4n) is 1.17. The number of rotatable bonds is 5. The molecule has 18 heavy (non-hydrogen) atoms. The van der Waals surface area contributed by atoms with E-state index in [0.717, 1.165) is 0 Å². The Hall–Kier alpha value is -2.15. The molecule has 0 fully saturated rings. The molecule has 0 aliphatic rings. The summed E-state index contributed by atoms with van der Waals surface area (Å²) in [5.41, 5.74) is 0.250. The van der Waals surface area contributed by atoms with Gasteiger partial charge in [-0.05, 0) is 20.2 Å². The summed E-state index contributed by atoms with van der Waals surface area (Å²) in [5, 5.41) is 13.0. The van der Waals surface area contributed by atoms with Crippen LogP contribution >= 0.6 is 0 Å². The summed E-state index contributed by atoms with van der Waals surface area (Å²) in [5.74, 6) is 0. The van der Waals surface area contributed by atoms with E-state index in [0.29, 0.717) is 12.2 Å². The van der Waals surface area contributed by atoms with E-state index in [2.05, 4.69) is 5.32 Å². The molecule has 0 saturated heterocycles. The molecular formula is C11H15N3O4. The molecule has 1 amide bonds. The summed E-state index contributed by atoms with van der Waals surface area (Å²) in [4.78, 5) is 23.2. The molecule has 98 valence electrons. The second kappa shape index (κ2) is 6.55. The van der Waals surface area contributed by atoms with Crippen molar-refractivity contribution in [1.82, 2.24) is 4.90 Å². The Morgan fingerprint density at radius 1 is 1.50 bits per heavy atom. The summed E-state index contributed by atoms with van der Waals surface area (Å²) in [6, 6.07) is 5.67. The number of anilines is 1. The predicted octanol–water partition coefficient (Wildman–Crippen LogP) is 1.70. The van der Waals surface area contributed by atoms with E-state index in [1.54, 1.807) is 6.07 Å². The van der Waals surface area contributed by atoms with Crippen LogP contribution < -0.4 is 5.32 Å². The average Bonchev–Trinajstić information content (AvgIpc) is 2.28. The topological polar surface area (TPSA) is 84.7 Å². The lowest BCUT2D eigenvalue weighted by atomic mass is 10.3. The van der Waals surface area contributed by atoms with Crippen molar-refractivity contribution in [1.29, 1.82) is 0 Å². The van der Waals surface area contributed by atoms with E-state index >= 15 is 0 Å². The van der Waals surface area contributed by atoms with Crippen LogP contribution in [0.5, 0.6) is 0 Å². The van der Waals surface area contributed by atoms with Gasteiger partial charge >= 0.3 is 6.09 Å². The summed E-state index contributed by atoms with van der Waals surface area (Å²) in [6.45, 7) is 0.871. The van der Waals surface area contributed by atoms with Crippen molar-refractivity contribution in [2.24, 2.45) is 0 Å². The fraction of sp³-hybridized carbons (Fsp3) is 0.364. The van der Waals surface area contributed by atoms with Gasteiger partial charge in [-0.15, -0.1) is 0 Å². The number of likely N-dealkylation sites (N-methyl/N-ethyl adjacent to an activating group) is 1. The molecule has 1 rings (SSSR count). The highest BCUT2D eigenvalue weighted by Gasteiger charge is 2.08. The Labute approximate surface area is 104 Å². The molecule has 0 spiro atoms. The van der Waals surface area contributed by atoms with Gasteiger partial charge in [0.1, 0.15) is 6.61 Å². The number of carbonyl (C=O) groups excluding carboxylic acids is 1. The molecule has 0 bridgehead atoms. The normalized spacial score (nSPS) is 10.2. The molecule has 0 aliphatic heterocycles. The van der Waals surface area contributed by atoms with E-state index in [-0.39, 0.29) is 12.3 Å². The molecule has 1 aromatic carbocycles. The van der Waals surface area contributed by atoms with Crippen LogP contribution in [0.2, 0.25) is 0 Å². The quantitative estimate of drug-likeness (QED) is 0.637. The lowest BCUT2D eigenvalue weighted by Gasteiger charge is -2.10. The summed E-state index contributed by atoms with van der Waals surface area (Å²) >= 11 is 0. The van der Waals surface area contributed by atoms with Crippen LogP contribution in [-0.4, -0.2) is 43.2 Å². The zero-order valence-corrected chi connectivity index (χ0v) is 10.3. The Balaban J connectivity index is 2.49. The van der Waals surface area contributed by atoms with Crippen molar-refractivity contribution in [2.75, 3.05) is 32.6 Å². The van der Waals surface area contributed by atoms with E-state index < -0.39 is 11.0 Å². The molecule has 0 aromatic heterocycles. The maximum absolute atomic E-state index is 11.4. The third-order valence-electron chi connectivity index (χ3n) is 2.08. The highest BCUT2D eigenvalue weighted by atomic mass is 16.6. The highest BCUT2D eigenvalue weighted by Crippen LogP contribution is 2.16.